The van der Waals surface area contributed by atoms with E-state index in [2.05, 4.69) is 10.1 Å². The Hall–Kier alpha value is -2.21. The van der Waals surface area contributed by atoms with Gasteiger partial charge in [-0.25, -0.2) is 9.67 Å². The summed E-state index contributed by atoms with van der Waals surface area (Å²) in [6.07, 6.45) is 7.79. The number of hydrogen-bond donors (Lipinski definition) is 1. The van der Waals surface area contributed by atoms with E-state index in [0.717, 1.165) is 50.9 Å². The zero-order valence-corrected chi connectivity index (χ0v) is 13.6. The van der Waals surface area contributed by atoms with Gasteiger partial charge in [-0.2, -0.15) is 5.10 Å². The van der Waals surface area contributed by atoms with Gasteiger partial charge in [-0.15, -0.1) is 0 Å². The molecule has 126 valence electrons. The highest BCUT2D eigenvalue weighted by Crippen LogP contribution is 2.46. The summed E-state index contributed by atoms with van der Waals surface area (Å²) in [5.41, 5.74) is 1.67. The van der Waals surface area contributed by atoms with Crippen LogP contribution in [-0.2, 0) is 0 Å². The minimum atomic E-state index is -0.153. The SMILES string of the molecule is O=C(c1ccccc1-n1cncn1)N1CCC2(CCC(O)C2)CC1. The summed E-state index contributed by atoms with van der Waals surface area (Å²) in [5, 5.41) is 14.0. The first-order chi connectivity index (χ1) is 11.7. The number of aromatic nitrogens is 3. The molecule has 1 N–H and O–H groups in total. The molecule has 4 rings (SSSR count). The third-order valence-corrected chi connectivity index (χ3v) is 5.59. The van der Waals surface area contributed by atoms with Crippen LogP contribution < -0.4 is 0 Å². The minimum absolute atomic E-state index is 0.0505. The summed E-state index contributed by atoms with van der Waals surface area (Å²) in [5.74, 6) is 0.0505. The number of piperidine rings is 1. The Labute approximate surface area is 141 Å². The summed E-state index contributed by atoms with van der Waals surface area (Å²) in [6, 6.07) is 7.52. The van der Waals surface area contributed by atoms with E-state index in [9.17, 15) is 9.90 Å². The van der Waals surface area contributed by atoms with E-state index < -0.39 is 0 Å². The van der Waals surface area contributed by atoms with Gasteiger partial charge >= 0.3 is 0 Å². The second-order valence-corrected chi connectivity index (χ2v) is 7.05. The van der Waals surface area contributed by atoms with E-state index in [1.54, 1.807) is 11.0 Å². The van der Waals surface area contributed by atoms with Crippen molar-refractivity contribution >= 4 is 5.91 Å². The highest BCUT2D eigenvalue weighted by Gasteiger charge is 2.41. The van der Waals surface area contributed by atoms with Crippen molar-refractivity contribution in [3.63, 3.8) is 0 Å². The highest BCUT2D eigenvalue weighted by atomic mass is 16.3. The van der Waals surface area contributed by atoms with Crippen LogP contribution in [0.3, 0.4) is 0 Å². The molecule has 2 aliphatic rings. The molecule has 2 fully saturated rings. The summed E-state index contributed by atoms with van der Waals surface area (Å²) in [7, 11) is 0. The molecule has 1 aromatic heterocycles. The van der Waals surface area contributed by atoms with Crippen LogP contribution in [0, 0.1) is 5.41 Å². The molecule has 1 aromatic carbocycles. The van der Waals surface area contributed by atoms with Crippen molar-refractivity contribution in [3.05, 3.63) is 42.5 Å². The second-order valence-electron chi connectivity index (χ2n) is 7.05. The van der Waals surface area contributed by atoms with Crippen molar-refractivity contribution in [2.75, 3.05) is 13.1 Å². The number of likely N-dealkylation sites (tertiary alicyclic amines) is 1. The van der Waals surface area contributed by atoms with Gasteiger partial charge in [0.05, 0.1) is 17.4 Å². The number of amides is 1. The van der Waals surface area contributed by atoms with E-state index in [4.69, 9.17) is 0 Å². The Bertz CT molecular complexity index is 720. The predicted octanol–water partition coefficient (Wildman–Crippen LogP) is 2.03. The molecule has 0 radical (unpaired) electrons. The second kappa shape index (κ2) is 6.02. The number of hydrogen-bond acceptors (Lipinski definition) is 4. The summed E-state index contributed by atoms with van der Waals surface area (Å²) in [4.78, 5) is 18.9. The third kappa shape index (κ3) is 2.71. The number of para-hydroxylation sites is 1. The quantitative estimate of drug-likeness (QED) is 0.917. The summed E-state index contributed by atoms with van der Waals surface area (Å²) in [6.45, 7) is 1.52. The van der Waals surface area contributed by atoms with Crippen LogP contribution in [-0.4, -0.2) is 49.9 Å². The Balaban J connectivity index is 1.52. The van der Waals surface area contributed by atoms with Gasteiger partial charge in [0, 0.05) is 13.1 Å². The monoisotopic (exact) mass is 326 g/mol. The van der Waals surface area contributed by atoms with Gasteiger partial charge in [0.15, 0.2) is 0 Å². The predicted molar refractivity (Wildman–Crippen MR) is 88.8 cm³/mol. The van der Waals surface area contributed by atoms with Crippen molar-refractivity contribution in [2.45, 2.75) is 38.2 Å². The minimum Gasteiger partial charge on any atom is -0.393 e. The maximum atomic E-state index is 13.0. The van der Waals surface area contributed by atoms with Crippen LogP contribution in [0.25, 0.3) is 5.69 Å². The molecule has 1 unspecified atom stereocenters. The van der Waals surface area contributed by atoms with Crippen molar-refractivity contribution in [1.82, 2.24) is 19.7 Å². The van der Waals surface area contributed by atoms with E-state index in [1.165, 1.54) is 6.33 Å². The lowest BCUT2D eigenvalue weighted by Crippen LogP contribution is -2.42. The fourth-order valence-electron chi connectivity index (χ4n) is 4.17. The first-order valence-electron chi connectivity index (χ1n) is 8.58. The molecule has 1 amide bonds. The Morgan fingerprint density at radius 3 is 2.67 bits per heavy atom. The third-order valence-electron chi connectivity index (χ3n) is 5.59. The van der Waals surface area contributed by atoms with Gasteiger partial charge in [0.2, 0.25) is 0 Å². The van der Waals surface area contributed by atoms with Gasteiger partial charge in [-0.3, -0.25) is 4.79 Å². The van der Waals surface area contributed by atoms with Gasteiger partial charge in [-0.05, 0) is 49.7 Å². The lowest BCUT2D eigenvalue weighted by molar-refractivity contribution is 0.0554. The normalized spacial score (nSPS) is 22.9. The molecule has 24 heavy (non-hydrogen) atoms. The summed E-state index contributed by atoms with van der Waals surface area (Å²) < 4.78 is 1.63. The standard InChI is InChI=1S/C18H22N4O2/c23-14-5-6-18(11-14)7-9-21(10-8-18)17(24)15-3-1-2-4-16(15)22-13-19-12-20-22/h1-4,12-14,23H,5-11H2. The van der Waals surface area contributed by atoms with Crippen LogP contribution in [0.4, 0.5) is 0 Å². The van der Waals surface area contributed by atoms with Gasteiger partial charge in [0.25, 0.3) is 5.91 Å². The molecule has 0 bridgehead atoms. The zero-order chi connectivity index (χ0) is 16.6. The van der Waals surface area contributed by atoms with Gasteiger partial charge in [0.1, 0.15) is 12.7 Å². The first-order valence-corrected chi connectivity index (χ1v) is 8.58. The number of aliphatic hydroxyl groups is 1. The molecular weight excluding hydrogens is 304 g/mol. The molecule has 1 spiro atoms. The van der Waals surface area contributed by atoms with Gasteiger partial charge < -0.3 is 10.0 Å². The Kier molecular flexibility index (Phi) is 3.84. The molecular formula is C18H22N4O2. The van der Waals surface area contributed by atoms with Crippen LogP contribution in [0.2, 0.25) is 0 Å². The van der Waals surface area contributed by atoms with E-state index >= 15 is 0 Å². The molecule has 1 saturated heterocycles. The molecule has 6 heteroatoms. The van der Waals surface area contributed by atoms with Crippen LogP contribution in [0.1, 0.15) is 42.5 Å². The average molecular weight is 326 g/mol. The average Bonchev–Trinajstić information content (AvgIpc) is 3.26. The van der Waals surface area contributed by atoms with Crippen LogP contribution in [0.5, 0.6) is 0 Å². The van der Waals surface area contributed by atoms with Crippen molar-refractivity contribution in [3.8, 4) is 5.69 Å². The van der Waals surface area contributed by atoms with E-state index in [-0.39, 0.29) is 17.4 Å². The number of nitrogens with zero attached hydrogens (tertiary/aromatic N) is 4. The van der Waals surface area contributed by atoms with E-state index in [0.29, 0.717) is 5.56 Å². The highest BCUT2D eigenvalue weighted by molar-refractivity contribution is 5.97. The number of benzene rings is 1. The molecule has 1 aliphatic carbocycles. The first kappa shape index (κ1) is 15.3. The molecule has 1 saturated carbocycles. The zero-order valence-electron chi connectivity index (χ0n) is 13.6. The van der Waals surface area contributed by atoms with Gasteiger partial charge in [-0.1, -0.05) is 12.1 Å². The van der Waals surface area contributed by atoms with Crippen LogP contribution in [0.15, 0.2) is 36.9 Å². The Morgan fingerprint density at radius 2 is 2.00 bits per heavy atom. The Morgan fingerprint density at radius 1 is 1.21 bits per heavy atom. The number of carbonyl (C=O) groups excluding carboxylic acids is 1. The number of rotatable bonds is 2. The smallest absolute Gasteiger partial charge is 0.256 e. The van der Waals surface area contributed by atoms with Crippen molar-refractivity contribution in [1.29, 1.82) is 0 Å². The number of aliphatic hydroxyl groups excluding tert-OH is 1. The van der Waals surface area contributed by atoms with Crippen molar-refractivity contribution < 1.29 is 9.90 Å². The maximum Gasteiger partial charge on any atom is 0.256 e. The summed E-state index contributed by atoms with van der Waals surface area (Å²) >= 11 is 0. The molecule has 6 nitrogen and oxygen atoms in total. The number of carbonyl (C=O) groups is 1. The van der Waals surface area contributed by atoms with Crippen LogP contribution >= 0.6 is 0 Å². The fourth-order valence-corrected chi connectivity index (χ4v) is 4.17. The lowest BCUT2D eigenvalue weighted by Gasteiger charge is -2.39. The molecule has 2 aromatic rings. The van der Waals surface area contributed by atoms with Crippen molar-refractivity contribution in [2.24, 2.45) is 5.41 Å². The maximum absolute atomic E-state index is 13.0. The molecule has 2 heterocycles. The fraction of sp³-hybridized carbons (Fsp3) is 0.500. The molecule has 1 aliphatic heterocycles. The molecule has 1 atom stereocenters. The topological polar surface area (TPSA) is 71.2 Å². The lowest BCUT2D eigenvalue weighted by atomic mass is 9.77. The van der Waals surface area contributed by atoms with E-state index in [1.807, 2.05) is 29.2 Å². The largest absolute Gasteiger partial charge is 0.393 e.